The second kappa shape index (κ2) is 11.7. The van der Waals surface area contributed by atoms with E-state index in [4.69, 9.17) is 25.3 Å². The Labute approximate surface area is 223 Å². The van der Waals surface area contributed by atoms with Gasteiger partial charge in [0.25, 0.3) is 11.1 Å². The summed E-state index contributed by atoms with van der Waals surface area (Å²) in [6, 6.07) is 19.2. The number of amides is 2. The van der Waals surface area contributed by atoms with Gasteiger partial charge in [0.2, 0.25) is 0 Å². The Hall–Kier alpha value is -3.47. The van der Waals surface area contributed by atoms with Gasteiger partial charge in [0.05, 0.1) is 18.1 Å². The predicted molar refractivity (Wildman–Crippen MR) is 141 cm³/mol. The molecular formula is C26H22ClNO7S2. The summed E-state index contributed by atoms with van der Waals surface area (Å²) in [6.07, 6.45) is 1.54. The summed E-state index contributed by atoms with van der Waals surface area (Å²) in [5.41, 5.74) is 0.533. The zero-order valence-corrected chi connectivity index (χ0v) is 22.0. The number of benzene rings is 3. The zero-order valence-electron chi connectivity index (χ0n) is 19.6. The molecule has 4 rings (SSSR count). The lowest BCUT2D eigenvalue weighted by Crippen LogP contribution is -2.32. The molecule has 3 aromatic rings. The number of imide groups is 1. The highest BCUT2D eigenvalue weighted by Crippen LogP contribution is 2.35. The molecular weight excluding hydrogens is 538 g/mol. The van der Waals surface area contributed by atoms with Gasteiger partial charge in [-0.05, 0) is 78.9 Å². The van der Waals surface area contributed by atoms with Gasteiger partial charge in [-0.3, -0.25) is 14.5 Å². The van der Waals surface area contributed by atoms with Crippen molar-refractivity contribution in [3.05, 3.63) is 88.3 Å². The molecule has 0 spiro atoms. The van der Waals surface area contributed by atoms with E-state index in [0.717, 1.165) is 16.7 Å². The molecule has 1 heterocycles. The maximum Gasteiger partial charge on any atom is 0.339 e. The van der Waals surface area contributed by atoms with E-state index in [2.05, 4.69) is 0 Å². The molecule has 0 saturated carbocycles. The van der Waals surface area contributed by atoms with Crippen molar-refractivity contribution < 1.29 is 31.7 Å². The molecule has 0 atom stereocenters. The van der Waals surface area contributed by atoms with E-state index in [1.165, 1.54) is 30.3 Å². The zero-order chi connectivity index (χ0) is 26.4. The van der Waals surface area contributed by atoms with Crippen LogP contribution in [0.5, 0.6) is 17.2 Å². The average molecular weight is 560 g/mol. The lowest BCUT2D eigenvalue weighted by Gasteiger charge is -2.13. The molecule has 37 heavy (non-hydrogen) atoms. The van der Waals surface area contributed by atoms with Crippen molar-refractivity contribution in [1.82, 2.24) is 4.90 Å². The standard InChI is InChI=1S/C26H22ClNO7S2/c1-2-33-23-16-18(8-13-22(23)35-37(31,32)21-11-9-19(27)10-12-21)17-24-25(29)28(26(30)36-24)14-15-34-20-6-4-3-5-7-20/h3-13,16-17H,2,14-15H2,1H3/b24-17-. The Bertz CT molecular complexity index is 1430. The number of para-hydroxylation sites is 1. The lowest BCUT2D eigenvalue weighted by molar-refractivity contribution is -0.123. The molecule has 192 valence electrons. The van der Waals surface area contributed by atoms with Crippen LogP contribution < -0.4 is 13.7 Å². The quantitative estimate of drug-likeness (QED) is 0.233. The largest absolute Gasteiger partial charge is 0.492 e. The van der Waals surface area contributed by atoms with Crippen molar-refractivity contribution in [2.24, 2.45) is 0 Å². The third kappa shape index (κ3) is 6.65. The summed E-state index contributed by atoms with van der Waals surface area (Å²) in [7, 11) is -4.13. The van der Waals surface area contributed by atoms with Gasteiger partial charge >= 0.3 is 10.1 Å². The fourth-order valence-electron chi connectivity index (χ4n) is 3.33. The summed E-state index contributed by atoms with van der Waals surface area (Å²) in [5.74, 6) is 0.369. The summed E-state index contributed by atoms with van der Waals surface area (Å²) < 4.78 is 41.9. The first kappa shape index (κ1) is 26.6. The SMILES string of the molecule is CCOc1cc(/C=C2\SC(=O)N(CCOc3ccccc3)C2=O)ccc1OS(=O)(=O)c1ccc(Cl)cc1. The normalized spacial score (nSPS) is 14.8. The van der Waals surface area contributed by atoms with E-state index in [9.17, 15) is 18.0 Å². The van der Waals surface area contributed by atoms with E-state index in [-0.39, 0.29) is 41.1 Å². The van der Waals surface area contributed by atoms with Crippen LogP contribution in [0.1, 0.15) is 12.5 Å². The first-order chi connectivity index (χ1) is 17.8. The molecule has 0 N–H and O–H groups in total. The molecule has 2 amide bonds. The minimum atomic E-state index is -4.13. The highest BCUT2D eigenvalue weighted by Gasteiger charge is 2.35. The second-order valence-electron chi connectivity index (χ2n) is 7.63. The van der Waals surface area contributed by atoms with E-state index < -0.39 is 21.3 Å². The molecule has 11 heteroatoms. The average Bonchev–Trinajstić information content (AvgIpc) is 3.14. The second-order valence-corrected chi connectivity index (χ2v) is 10.6. The van der Waals surface area contributed by atoms with Crippen LogP contribution in [0, 0.1) is 0 Å². The number of hydrogen-bond acceptors (Lipinski definition) is 8. The van der Waals surface area contributed by atoms with Crippen LogP contribution in [-0.2, 0) is 14.9 Å². The van der Waals surface area contributed by atoms with Crippen molar-refractivity contribution in [2.75, 3.05) is 19.8 Å². The van der Waals surface area contributed by atoms with Gasteiger partial charge in [-0.25, -0.2) is 0 Å². The minimum Gasteiger partial charge on any atom is -0.492 e. The van der Waals surface area contributed by atoms with E-state index >= 15 is 0 Å². The van der Waals surface area contributed by atoms with E-state index in [1.54, 1.807) is 37.3 Å². The van der Waals surface area contributed by atoms with Crippen LogP contribution in [0.3, 0.4) is 0 Å². The molecule has 1 saturated heterocycles. The van der Waals surface area contributed by atoms with Crippen molar-refractivity contribution in [3.8, 4) is 17.2 Å². The molecule has 0 aromatic heterocycles. The number of nitrogens with zero attached hydrogens (tertiary/aromatic N) is 1. The van der Waals surface area contributed by atoms with Gasteiger partial charge in [-0.2, -0.15) is 8.42 Å². The van der Waals surface area contributed by atoms with Crippen LogP contribution in [0.4, 0.5) is 4.79 Å². The molecule has 1 aliphatic rings. The summed E-state index contributed by atoms with van der Waals surface area (Å²) in [4.78, 5) is 26.5. The highest BCUT2D eigenvalue weighted by atomic mass is 35.5. The van der Waals surface area contributed by atoms with Crippen molar-refractivity contribution in [2.45, 2.75) is 11.8 Å². The van der Waals surface area contributed by atoms with Gasteiger partial charge in [-0.1, -0.05) is 35.9 Å². The Morgan fingerprint density at radius 2 is 1.68 bits per heavy atom. The van der Waals surface area contributed by atoms with E-state index in [0.29, 0.717) is 16.3 Å². The molecule has 1 aliphatic heterocycles. The fourth-order valence-corrected chi connectivity index (χ4v) is 5.27. The maximum absolute atomic E-state index is 12.8. The predicted octanol–water partition coefficient (Wildman–Crippen LogP) is 5.62. The Morgan fingerprint density at radius 1 is 0.946 bits per heavy atom. The van der Waals surface area contributed by atoms with Crippen LogP contribution in [0.25, 0.3) is 6.08 Å². The number of halogens is 1. The third-order valence-electron chi connectivity index (χ3n) is 5.07. The summed E-state index contributed by atoms with van der Waals surface area (Å²) in [5, 5.41) is -0.00148. The Morgan fingerprint density at radius 3 is 2.38 bits per heavy atom. The first-order valence-electron chi connectivity index (χ1n) is 11.2. The molecule has 0 radical (unpaired) electrons. The van der Waals surface area contributed by atoms with Gasteiger partial charge in [-0.15, -0.1) is 0 Å². The smallest absolute Gasteiger partial charge is 0.339 e. The summed E-state index contributed by atoms with van der Waals surface area (Å²) in [6.45, 7) is 2.26. The first-order valence-corrected chi connectivity index (χ1v) is 13.8. The lowest BCUT2D eigenvalue weighted by atomic mass is 10.2. The highest BCUT2D eigenvalue weighted by molar-refractivity contribution is 8.18. The topological polar surface area (TPSA) is 99.2 Å². The Kier molecular flexibility index (Phi) is 8.42. The molecule has 0 bridgehead atoms. The number of hydrogen-bond donors (Lipinski definition) is 0. The fraction of sp³-hybridized carbons (Fsp3) is 0.154. The number of carbonyl (C=O) groups is 2. The van der Waals surface area contributed by atoms with Crippen LogP contribution in [-0.4, -0.2) is 44.2 Å². The molecule has 8 nitrogen and oxygen atoms in total. The molecule has 1 fully saturated rings. The van der Waals surface area contributed by atoms with Gasteiger partial charge in [0.1, 0.15) is 17.3 Å². The number of thioether (sulfide) groups is 1. The van der Waals surface area contributed by atoms with Crippen molar-refractivity contribution in [3.63, 3.8) is 0 Å². The van der Waals surface area contributed by atoms with Crippen LogP contribution in [0.2, 0.25) is 5.02 Å². The monoisotopic (exact) mass is 559 g/mol. The van der Waals surface area contributed by atoms with E-state index in [1.807, 2.05) is 18.2 Å². The number of carbonyl (C=O) groups excluding carboxylic acids is 2. The maximum atomic E-state index is 12.8. The van der Waals surface area contributed by atoms with Crippen molar-refractivity contribution in [1.29, 1.82) is 0 Å². The van der Waals surface area contributed by atoms with Gasteiger partial charge < -0.3 is 13.7 Å². The third-order valence-corrected chi connectivity index (χ3v) is 7.48. The van der Waals surface area contributed by atoms with Crippen LogP contribution >= 0.6 is 23.4 Å². The number of ether oxygens (including phenoxy) is 2. The van der Waals surface area contributed by atoms with Gasteiger partial charge in [0, 0.05) is 5.02 Å². The van der Waals surface area contributed by atoms with Crippen molar-refractivity contribution >= 4 is 50.7 Å². The molecule has 3 aromatic carbocycles. The summed E-state index contributed by atoms with van der Waals surface area (Å²) >= 11 is 6.66. The van der Waals surface area contributed by atoms with Gasteiger partial charge in [0.15, 0.2) is 11.5 Å². The minimum absolute atomic E-state index is 0.0138. The van der Waals surface area contributed by atoms with Crippen LogP contribution in [0.15, 0.2) is 82.6 Å². The molecule has 0 unspecified atom stereocenters. The Balaban J connectivity index is 1.48. The number of rotatable bonds is 10. The molecule has 0 aliphatic carbocycles.